The van der Waals surface area contributed by atoms with Gasteiger partial charge >= 0.3 is 0 Å². The third kappa shape index (κ3) is 2.41. The first kappa shape index (κ1) is 10.7. The molecule has 12 heavy (non-hydrogen) atoms. The molecule has 0 fully saturated rings. The van der Waals surface area contributed by atoms with E-state index in [1.165, 1.54) is 0 Å². The van der Waals surface area contributed by atoms with Gasteiger partial charge in [-0.2, -0.15) is 0 Å². The van der Waals surface area contributed by atoms with Gasteiger partial charge in [0, 0.05) is 0 Å². The van der Waals surface area contributed by atoms with E-state index in [1.807, 2.05) is 0 Å². The van der Waals surface area contributed by atoms with Crippen LogP contribution in [0.2, 0.25) is 0 Å². The monoisotopic (exact) mass is 168 g/mol. The van der Waals surface area contributed by atoms with Crippen LogP contribution in [0.5, 0.6) is 0 Å². The molecule has 0 rings (SSSR count). The zero-order chi connectivity index (χ0) is 9.72. The summed E-state index contributed by atoms with van der Waals surface area (Å²) in [5.41, 5.74) is 10.7. The van der Waals surface area contributed by atoms with Crippen LogP contribution in [0.1, 0.15) is 0 Å². The van der Waals surface area contributed by atoms with Crippen LogP contribution in [0.25, 0.3) is 0 Å². The predicted octanol–water partition coefficient (Wildman–Crippen LogP) is -0.849. The number of hydrogen-bond acceptors (Lipinski definition) is 4. The van der Waals surface area contributed by atoms with E-state index < -0.39 is 23.7 Å². The maximum atomic E-state index is 10.9. The minimum atomic E-state index is -1.02. The molecule has 0 heterocycles. The minimum absolute atomic E-state index is 0.447. The fraction of sp³-hybridized carbons (Fsp3) is 0.250. The van der Waals surface area contributed by atoms with Crippen molar-refractivity contribution >= 4 is 11.6 Å². The van der Waals surface area contributed by atoms with E-state index in [9.17, 15) is 9.59 Å². The second-order valence-electron chi connectivity index (χ2n) is 2.26. The number of carbonyl (C=O) groups is 2. The van der Waals surface area contributed by atoms with Crippen molar-refractivity contribution in [3.8, 4) is 0 Å². The Kier molecular flexibility index (Phi) is 4.10. The third-order valence-corrected chi connectivity index (χ3v) is 1.45. The van der Waals surface area contributed by atoms with Crippen molar-refractivity contribution in [2.75, 3.05) is 0 Å². The fourth-order valence-corrected chi connectivity index (χ4v) is 0.626. The Morgan fingerprint density at radius 1 is 1.00 bits per heavy atom. The van der Waals surface area contributed by atoms with E-state index in [2.05, 4.69) is 13.2 Å². The molecule has 2 atom stereocenters. The summed E-state index contributed by atoms with van der Waals surface area (Å²) in [6.45, 7) is 6.45. The predicted molar refractivity (Wildman–Crippen MR) is 46.4 cm³/mol. The van der Waals surface area contributed by atoms with Crippen LogP contribution in [-0.4, -0.2) is 23.7 Å². The van der Waals surface area contributed by atoms with Crippen LogP contribution in [0, 0.1) is 0 Å². The third-order valence-electron chi connectivity index (χ3n) is 1.45. The largest absolute Gasteiger partial charge is 0.320 e. The number of carbonyl (C=O) groups excluding carboxylic acids is 2. The van der Waals surface area contributed by atoms with Crippen LogP contribution >= 0.6 is 0 Å². The normalized spacial score (nSPS) is 14.5. The van der Waals surface area contributed by atoms with Gasteiger partial charge in [-0.15, -0.1) is 0 Å². The van der Waals surface area contributed by atoms with E-state index in [0.29, 0.717) is 0 Å². The molecule has 0 aliphatic rings. The molecule has 4 heteroatoms. The number of nitrogens with two attached hydrogens (primary N) is 2. The average molecular weight is 168 g/mol. The zero-order valence-electron chi connectivity index (χ0n) is 6.69. The molecule has 0 aromatic carbocycles. The second-order valence-corrected chi connectivity index (χ2v) is 2.26. The number of ketones is 2. The van der Waals surface area contributed by atoms with Gasteiger partial charge < -0.3 is 11.5 Å². The Bertz CT molecular complexity index is 199. The quantitative estimate of drug-likeness (QED) is 0.523. The zero-order valence-corrected chi connectivity index (χ0v) is 6.69. The lowest BCUT2D eigenvalue weighted by Crippen LogP contribution is -2.50. The Morgan fingerprint density at radius 3 is 1.42 bits per heavy atom. The van der Waals surface area contributed by atoms with Crippen LogP contribution in [0.3, 0.4) is 0 Å². The van der Waals surface area contributed by atoms with Gasteiger partial charge in [0.1, 0.15) is 0 Å². The van der Waals surface area contributed by atoms with Gasteiger partial charge in [0.15, 0.2) is 11.6 Å². The minimum Gasteiger partial charge on any atom is -0.320 e. The highest BCUT2D eigenvalue weighted by Crippen LogP contribution is 1.92. The van der Waals surface area contributed by atoms with E-state index in [4.69, 9.17) is 11.5 Å². The molecule has 0 amide bonds. The van der Waals surface area contributed by atoms with Gasteiger partial charge in [0.2, 0.25) is 0 Å². The number of rotatable bonds is 5. The van der Waals surface area contributed by atoms with Crippen LogP contribution in [0.15, 0.2) is 25.3 Å². The van der Waals surface area contributed by atoms with E-state index in [1.54, 1.807) is 0 Å². The van der Waals surface area contributed by atoms with Crippen molar-refractivity contribution < 1.29 is 9.59 Å². The Hall–Kier alpha value is -1.26. The van der Waals surface area contributed by atoms with Crippen molar-refractivity contribution in [2.45, 2.75) is 12.1 Å². The lowest BCUT2D eigenvalue weighted by atomic mass is 10.0. The molecule has 4 nitrogen and oxygen atoms in total. The molecule has 0 aliphatic carbocycles. The first-order valence-electron chi connectivity index (χ1n) is 3.38. The van der Waals surface area contributed by atoms with Crippen LogP contribution in [-0.2, 0) is 9.59 Å². The van der Waals surface area contributed by atoms with Gasteiger partial charge in [0.25, 0.3) is 0 Å². The Balaban J connectivity index is 4.37. The summed E-state index contributed by atoms with van der Waals surface area (Å²) < 4.78 is 0. The summed E-state index contributed by atoms with van der Waals surface area (Å²) in [6.07, 6.45) is 2.09. The highest BCUT2D eigenvalue weighted by atomic mass is 16.1. The summed E-state index contributed by atoms with van der Waals surface area (Å²) in [5.74, 6) is -0.893. The molecule has 66 valence electrons. The van der Waals surface area contributed by atoms with E-state index >= 15 is 0 Å². The summed E-state index contributed by atoms with van der Waals surface area (Å²) in [7, 11) is 0. The smallest absolute Gasteiger partial charge is 0.173 e. The summed E-state index contributed by atoms with van der Waals surface area (Å²) >= 11 is 0. The van der Waals surface area contributed by atoms with Gasteiger partial charge in [-0.1, -0.05) is 13.2 Å². The number of hydrogen-bond donors (Lipinski definition) is 2. The van der Waals surface area contributed by atoms with Crippen molar-refractivity contribution in [1.82, 2.24) is 0 Å². The lowest BCUT2D eigenvalue weighted by molar-refractivity contribution is -0.121. The maximum Gasteiger partial charge on any atom is 0.173 e. The molecule has 0 aromatic heterocycles. The fourth-order valence-electron chi connectivity index (χ4n) is 0.626. The lowest BCUT2D eigenvalue weighted by Gasteiger charge is -2.13. The SMILES string of the molecule is C=CC(=O)C(N)C(N)C(=O)C=C. The molecular formula is C8H12N2O2. The van der Waals surface area contributed by atoms with Crippen LogP contribution in [0.4, 0.5) is 0 Å². The molecule has 0 aliphatic heterocycles. The molecule has 2 unspecified atom stereocenters. The molecule has 4 N–H and O–H groups in total. The standard InChI is InChI=1S/C8H12N2O2/c1-3-5(11)7(9)8(10)6(12)4-2/h3-4,7-8H,1-2,9-10H2. The molecule has 0 aromatic rings. The summed E-state index contributed by atoms with van der Waals surface area (Å²) in [5, 5.41) is 0. The van der Waals surface area contributed by atoms with Gasteiger partial charge in [-0.3, -0.25) is 9.59 Å². The molecular weight excluding hydrogens is 156 g/mol. The van der Waals surface area contributed by atoms with Crippen molar-refractivity contribution in [3.05, 3.63) is 25.3 Å². The summed E-state index contributed by atoms with van der Waals surface area (Å²) in [6, 6.07) is -2.04. The van der Waals surface area contributed by atoms with E-state index in [0.717, 1.165) is 12.2 Å². The average Bonchev–Trinajstić information content (AvgIpc) is 2.12. The Morgan fingerprint density at radius 2 is 1.25 bits per heavy atom. The molecule has 0 spiro atoms. The first-order valence-corrected chi connectivity index (χ1v) is 3.38. The van der Waals surface area contributed by atoms with Crippen molar-refractivity contribution in [2.24, 2.45) is 11.5 Å². The molecule has 0 saturated heterocycles. The van der Waals surface area contributed by atoms with Crippen molar-refractivity contribution in [1.29, 1.82) is 0 Å². The van der Waals surface area contributed by atoms with Crippen molar-refractivity contribution in [3.63, 3.8) is 0 Å². The molecule has 0 bridgehead atoms. The van der Waals surface area contributed by atoms with E-state index in [-0.39, 0.29) is 0 Å². The first-order chi connectivity index (χ1) is 5.54. The maximum absolute atomic E-state index is 10.9. The van der Waals surface area contributed by atoms with Gasteiger partial charge in [-0.05, 0) is 12.2 Å². The highest BCUT2D eigenvalue weighted by Gasteiger charge is 2.23. The molecule has 0 radical (unpaired) electrons. The topological polar surface area (TPSA) is 86.2 Å². The van der Waals surface area contributed by atoms with Gasteiger partial charge in [0.05, 0.1) is 12.1 Å². The van der Waals surface area contributed by atoms with Crippen LogP contribution < -0.4 is 11.5 Å². The Labute approximate surface area is 70.9 Å². The second kappa shape index (κ2) is 4.58. The summed E-state index contributed by atoms with van der Waals surface area (Å²) in [4.78, 5) is 21.7. The molecule has 0 saturated carbocycles. The highest BCUT2D eigenvalue weighted by molar-refractivity contribution is 6.02. The van der Waals surface area contributed by atoms with Gasteiger partial charge in [-0.25, -0.2) is 0 Å².